The van der Waals surface area contributed by atoms with Gasteiger partial charge in [0.15, 0.2) is 0 Å². The maximum Gasteiger partial charge on any atom is 0.330 e. The normalized spacial score (nSPS) is 11.5. The molecule has 0 spiro atoms. The highest BCUT2D eigenvalue weighted by Crippen LogP contribution is 2.20. The van der Waals surface area contributed by atoms with Gasteiger partial charge in [-0.2, -0.15) is 0 Å². The number of esters is 1. The second-order valence-corrected chi connectivity index (χ2v) is 4.49. The first-order valence-electron chi connectivity index (χ1n) is 5.38. The highest BCUT2D eigenvalue weighted by atomic mass is 79.9. The number of hydrogen-bond donors (Lipinski definition) is 2. The van der Waals surface area contributed by atoms with E-state index in [1.165, 1.54) is 14.0 Å². The minimum Gasteiger partial charge on any atom is -0.467 e. The summed E-state index contributed by atoms with van der Waals surface area (Å²) in [5.41, 5.74) is 0.844. The maximum absolute atomic E-state index is 11.5. The van der Waals surface area contributed by atoms with Crippen molar-refractivity contribution >= 4 is 33.5 Å². The second-order valence-electron chi connectivity index (χ2n) is 3.64. The van der Waals surface area contributed by atoms with Crippen LogP contribution >= 0.6 is 15.9 Å². The Kier molecular flexibility index (Phi) is 5.64. The number of amides is 1. The smallest absolute Gasteiger partial charge is 0.330 e. The van der Waals surface area contributed by atoms with Gasteiger partial charge in [0.05, 0.1) is 7.11 Å². The van der Waals surface area contributed by atoms with Crippen LogP contribution in [0.5, 0.6) is 0 Å². The van der Waals surface area contributed by atoms with Crippen molar-refractivity contribution in [2.45, 2.75) is 13.0 Å². The number of anilines is 1. The van der Waals surface area contributed by atoms with E-state index in [0.29, 0.717) is 0 Å². The van der Waals surface area contributed by atoms with E-state index in [4.69, 9.17) is 0 Å². The second kappa shape index (κ2) is 7.00. The summed E-state index contributed by atoms with van der Waals surface area (Å²) in [7, 11) is 1.29. The molecule has 0 saturated carbocycles. The minimum absolute atomic E-state index is 0.259. The molecular weight excluding hydrogens is 300 g/mol. The number of ether oxygens (including phenoxy) is 1. The molecule has 0 radical (unpaired) electrons. The molecule has 0 aliphatic heterocycles. The standard InChI is InChI=1S/C12H15BrN2O3/c1-8(16)15-11(12(17)18-2)7-14-10-6-4-3-5-9(10)13/h3-6,11,14H,7H2,1-2H3,(H,15,16). The fourth-order valence-corrected chi connectivity index (χ4v) is 1.82. The van der Waals surface area contributed by atoms with E-state index in [1.807, 2.05) is 24.3 Å². The summed E-state index contributed by atoms with van der Waals surface area (Å²) in [6.45, 7) is 1.61. The molecule has 0 heterocycles. The summed E-state index contributed by atoms with van der Waals surface area (Å²) in [6.07, 6.45) is 0. The lowest BCUT2D eigenvalue weighted by Gasteiger charge is -2.17. The SMILES string of the molecule is COC(=O)C(CNc1ccccc1Br)NC(C)=O. The third-order valence-electron chi connectivity index (χ3n) is 2.23. The van der Waals surface area contributed by atoms with Crippen LogP contribution in [0, 0.1) is 0 Å². The van der Waals surface area contributed by atoms with Crippen LogP contribution in [0.2, 0.25) is 0 Å². The van der Waals surface area contributed by atoms with Gasteiger partial charge in [-0.3, -0.25) is 4.79 Å². The molecule has 1 amide bonds. The van der Waals surface area contributed by atoms with E-state index in [0.717, 1.165) is 10.2 Å². The fourth-order valence-electron chi connectivity index (χ4n) is 1.40. The first-order valence-corrected chi connectivity index (χ1v) is 6.17. The zero-order chi connectivity index (χ0) is 13.5. The molecule has 0 fully saturated rings. The van der Waals surface area contributed by atoms with E-state index in [9.17, 15) is 9.59 Å². The number of carbonyl (C=O) groups is 2. The number of rotatable bonds is 5. The number of methoxy groups -OCH3 is 1. The summed E-state index contributed by atoms with van der Waals surface area (Å²) < 4.78 is 5.51. The molecule has 98 valence electrons. The summed E-state index contributed by atoms with van der Waals surface area (Å²) in [5, 5.41) is 5.60. The van der Waals surface area contributed by atoms with Gasteiger partial charge in [-0.05, 0) is 28.1 Å². The maximum atomic E-state index is 11.5. The third kappa shape index (κ3) is 4.37. The van der Waals surface area contributed by atoms with Crippen molar-refractivity contribution in [3.63, 3.8) is 0 Å². The largest absolute Gasteiger partial charge is 0.467 e. The van der Waals surface area contributed by atoms with Crippen molar-refractivity contribution in [1.82, 2.24) is 5.32 Å². The van der Waals surface area contributed by atoms with Crippen molar-refractivity contribution in [3.8, 4) is 0 Å². The monoisotopic (exact) mass is 314 g/mol. The Morgan fingerprint density at radius 1 is 1.39 bits per heavy atom. The topological polar surface area (TPSA) is 67.4 Å². The molecular formula is C12H15BrN2O3. The molecule has 5 nitrogen and oxygen atoms in total. The summed E-state index contributed by atoms with van der Waals surface area (Å²) in [4.78, 5) is 22.5. The van der Waals surface area contributed by atoms with Crippen molar-refractivity contribution in [1.29, 1.82) is 0 Å². The van der Waals surface area contributed by atoms with Gasteiger partial charge >= 0.3 is 5.97 Å². The molecule has 1 unspecified atom stereocenters. The van der Waals surface area contributed by atoms with Crippen LogP contribution in [0.25, 0.3) is 0 Å². The molecule has 0 saturated heterocycles. The molecule has 0 aliphatic carbocycles. The van der Waals surface area contributed by atoms with Gasteiger partial charge in [0, 0.05) is 23.6 Å². The predicted molar refractivity (Wildman–Crippen MR) is 72.3 cm³/mol. The Bertz CT molecular complexity index is 437. The van der Waals surface area contributed by atoms with Crippen LogP contribution in [-0.4, -0.2) is 31.6 Å². The molecule has 1 atom stereocenters. The van der Waals surface area contributed by atoms with Gasteiger partial charge in [-0.25, -0.2) is 4.79 Å². The average molecular weight is 315 g/mol. The lowest BCUT2D eigenvalue weighted by Crippen LogP contribution is -2.45. The number of halogens is 1. The molecule has 18 heavy (non-hydrogen) atoms. The number of para-hydroxylation sites is 1. The Morgan fingerprint density at radius 2 is 2.06 bits per heavy atom. The Balaban J connectivity index is 2.64. The highest BCUT2D eigenvalue weighted by Gasteiger charge is 2.19. The van der Waals surface area contributed by atoms with E-state index < -0.39 is 12.0 Å². The average Bonchev–Trinajstić information content (AvgIpc) is 2.34. The first kappa shape index (κ1) is 14.5. The molecule has 0 aliphatic rings. The minimum atomic E-state index is -0.709. The van der Waals surface area contributed by atoms with E-state index in [1.54, 1.807) is 0 Å². The van der Waals surface area contributed by atoms with Gasteiger partial charge in [-0.15, -0.1) is 0 Å². The van der Waals surface area contributed by atoms with E-state index in [-0.39, 0.29) is 12.5 Å². The zero-order valence-corrected chi connectivity index (χ0v) is 11.8. The van der Waals surface area contributed by atoms with Crippen LogP contribution in [0.15, 0.2) is 28.7 Å². The van der Waals surface area contributed by atoms with Gasteiger partial charge < -0.3 is 15.4 Å². The van der Waals surface area contributed by atoms with Gasteiger partial charge in [-0.1, -0.05) is 12.1 Å². The van der Waals surface area contributed by atoms with E-state index >= 15 is 0 Å². The van der Waals surface area contributed by atoms with Crippen LogP contribution in [0.4, 0.5) is 5.69 Å². The molecule has 2 N–H and O–H groups in total. The third-order valence-corrected chi connectivity index (χ3v) is 2.93. The van der Waals surface area contributed by atoms with Crippen LogP contribution in [0.3, 0.4) is 0 Å². The zero-order valence-electron chi connectivity index (χ0n) is 10.2. The van der Waals surface area contributed by atoms with Gasteiger partial charge in [0.1, 0.15) is 6.04 Å². The number of benzene rings is 1. The van der Waals surface area contributed by atoms with Gasteiger partial charge in [0.25, 0.3) is 0 Å². The Hall–Kier alpha value is -1.56. The van der Waals surface area contributed by atoms with Crippen LogP contribution < -0.4 is 10.6 Å². The first-order chi connectivity index (χ1) is 8.54. The van der Waals surface area contributed by atoms with Crippen molar-refractivity contribution in [2.24, 2.45) is 0 Å². The Morgan fingerprint density at radius 3 is 2.61 bits per heavy atom. The molecule has 0 bridgehead atoms. The molecule has 1 aromatic carbocycles. The van der Waals surface area contributed by atoms with Gasteiger partial charge in [0.2, 0.25) is 5.91 Å². The lowest BCUT2D eigenvalue weighted by atomic mass is 10.2. The Labute approximate surface area is 114 Å². The summed E-state index contributed by atoms with van der Waals surface area (Å²) >= 11 is 3.39. The van der Waals surface area contributed by atoms with Crippen LogP contribution in [-0.2, 0) is 14.3 Å². The van der Waals surface area contributed by atoms with Crippen molar-refractivity contribution < 1.29 is 14.3 Å². The number of carbonyl (C=O) groups excluding carboxylic acids is 2. The molecule has 6 heteroatoms. The summed E-state index contributed by atoms with van der Waals surface area (Å²) in [6, 6.07) is 6.80. The quantitative estimate of drug-likeness (QED) is 0.809. The molecule has 0 aromatic heterocycles. The molecule has 1 rings (SSSR count). The molecule has 1 aromatic rings. The predicted octanol–water partition coefficient (Wildman–Crippen LogP) is 1.54. The lowest BCUT2D eigenvalue weighted by molar-refractivity contribution is -0.144. The summed E-state index contributed by atoms with van der Waals surface area (Å²) in [5.74, 6) is -0.760. The highest BCUT2D eigenvalue weighted by molar-refractivity contribution is 9.10. The number of hydrogen-bond acceptors (Lipinski definition) is 4. The van der Waals surface area contributed by atoms with Crippen molar-refractivity contribution in [2.75, 3.05) is 19.0 Å². The van der Waals surface area contributed by atoms with Crippen molar-refractivity contribution in [3.05, 3.63) is 28.7 Å². The van der Waals surface area contributed by atoms with Crippen LogP contribution in [0.1, 0.15) is 6.92 Å². The fraction of sp³-hybridized carbons (Fsp3) is 0.333. The van der Waals surface area contributed by atoms with E-state index in [2.05, 4.69) is 31.3 Å². The number of nitrogens with one attached hydrogen (secondary N) is 2.